The van der Waals surface area contributed by atoms with E-state index in [-0.39, 0.29) is 24.4 Å². The largest absolute Gasteiger partial charge is 0.352 e. The van der Waals surface area contributed by atoms with Crippen LogP contribution >= 0.6 is 12.4 Å². The summed E-state index contributed by atoms with van der Waals surface area (Å²) in [6.45, 7) is 5.26. The molecule has 5 heteroatoms. The van der Waals surface area contributed by atoms with Crippen LogP contribution in [0.5, 0.6) is 0 Å². The summed E-state index contributed by atoms with van der Waals surface area (Å²) in [4.78, 5) is 14.4. The van der Waals surface area contributed by atoms with E-state index in [1.54, 1.807) is 0 Å². The highest BCUT2D eigenvalue weighted by atomic mass is 35.5. The number of likely N-dealkylation sites (tertiary alicyclic amines) is 1. The normalized spacial score (nSPS) is 17.3. The number of piperidine rings is 1. The third kappa shape index (κ3) is 6.90. The van der Waals surface area contributed by atoms with Gasteiger partial charge in [-0.25, -0.2) is 0 Å². The molecule has 1 amide bonds. The first kappa shape index (κ1) is 19.9. The Hall–Kier alpha value is -1.10. The molecule has 0 aliphatic carbocycles. The predicted octanol–water partition coefficient (Wildman–Crippen LogP) is 2.36. The molecule has 0 spiro atoms. The average Bonchev–Trinajstić information content (AvgIpc) is 2.55. The number of benzene rings is 1. The van der Waals surface area contributed by atoms with Crippen molar-refractivity contribution < 1.29 is 4.79 Å². The fourth-order valence-electron chi connectivity index (χ4n) is 2.98. The van der Waals surface area contributed by atoms with Gasteiger partial charge in [0.2, 0.25) is 5.91 Å². The molecule has 130 valence electrons. The minimum Gasteiger partial charge on any atom is -0.352 e. The molecule has 1 aliphatic rings. The van der Waals surface area contributed by atoms with Gasteiger partial charge in [0.1, 0.15) is 0 Å². The number of carbonyl (C=O) groups excluding carboxylic acids is 1. The second-order valence-corrected chi connectivity index (χ2v) is 6.26. The Balaban J connectivity index is 0.00000264. The van der Waals surface area contributed by atoms with Gasteiger partial charge in [-0.3, -0.25) is 4.79 Å². The highest BCUT2D eigenvalue weighted by Gasteiger charge is 2.22. The molecular weight excluding hydrogens is 310 g/mol. The van der Waals surface area contributed by atoms with E-state index in [4.69, 9.17) is 5.73 Å². The molecule has 0 aromatic heterocycles. The van der Waals surface area contributed by atoms with Crippen LogP contribution in [0.25, 0.3) is 0 Å². The summed E-state index contributed by atoms with van der Waals surface area (Å²) in [5.41, 5.74) is 7.25. The molecule has 0 saturated carbocycles. The van der Waals surface area contributed by atoms with E-state index >= 15 is 0 Å². The lowest BCUT2D eigenvalue weighted by Crippen LogP contribution is -2.49. The number of hydrogen-bond donors (Lipinski definition) is 2. The Bertz CT molecular complexity index is 447. The first-order chi connectivity index (χ1) is 10.7. The van der Waals surface area contributed by atoms with E-state index in [0.29, 0.717) is 6.04 Å². The zero-order chi connectivity index (χ0) is 15.8. The topological polar surface area (TPSA) is 58.4 Å². The fourth-order valence-corrected chi connectivity index (χ4v) is 2.98. The number of hydrogen-bond acceptors (Lipinski definition) is 3. The van der Waals surface area contributed by atoms with Crippen LogP contribution in [0.15, 0.2) is 30.3 Å². The number of halogens is 1. The molecule has 23 heavy (non-hydrogen) atoms. The van der Waals surface area contributed by atoms with Crippen molar-refractivity contribution in [3.05, 3.63) is 35.9 Å². The predicted molar refractivity (Wildman–Crippen MR) is 97.9 cm³/mol. The smallest absolute Gasteiger partial charge is 0.237 e. The van der Waals surface area contributed by atoms with Crippen molar-refractivity contribution >= 4 is 18.3 Å². The Morgan fingerprint density at radius 1 is 1.30 bits per heavy atom. The van der Waals surface area contributed by atoms with Gasteiger partial charge in [-0.15, -0.1) is 12.4 Å². The van der Waals surface area contributed by atoms with E-state index in [2.05, 4.69) is 47.5 Å². The lowest BCUT2D eigenvalue weighted by atomic mass is 10.0. The summed E-state index contributed by atoms with van der Waals surface area (Å²) in [6, 6.07) is 10.6. The molecule has 2 rings (SSSR count). The number of nitrogens with two attached hydrogens (primary N) is 1. The molecular formula is C18H30ClN3O. The third-order valence-electron chi connectivity index (χ3n) is 4.43. The van der Waals surface area contributed by atoms with E-state index in [0.717, 1.165) is 51.7 Å². The molecule has 1 aromatic rings. The Morgan fingerprint density at radius 3 is 2.57 bits per heavy atom. The standard InChI is InChI=1S/C18H29N3O.ClH/c1-2-6-17(19)18(22)20-16-10-13-21(14-11-16)12-9-15-7-4-3-5-8-15;/h3-5,7-8,16-17H,2,6,9-14,19H2,1H3,(H,20,22);1H. The van der Waals surface area contributed by atoms with Gasteiger partial charge < -0.3 is 16.0 Å². The lowest BCUT2D eigenvalue weighted by Gasteiger charge is -2.32. The number of amides is 1. The van der Waals surface area contributed by atoms with Gasteiger partial charge in [-0.2, -0.15) is 0 Å². The molecule has 1 heterocycles. The summed E-state index contributed by atoms with van der Waals surface area (Å²) in [6.07, 6.45) is 4.87. The van der Waals surface area contributed by atoms with Crippen molar-refractivity contribution in [2.24, 2.45) is 5.73 Å². The average molecular weight is 340 g/mol. The first-order valence-electron chi connectivity index (χ1n) is 8.51. The highest BCUT2D eigenvalue weighted by Crippen LogP contribution is 2.12. The molecule has 4 nitrogen and oxygen atoms in total. The lowest BCUT2D eigenvalue weighted by molar-refractivity contribution is -0.123. The highest BCUT2D eigenvalue weighted by molar-refractivity contribution is 5.85. The van der Waals surface area contributed by atoms with Crippen LogP contribution in [0.4, 0.5) is 0 Å². The quantitative estimate of drug-likeness (QED) is 0.801. The van der Waals surface area contributed by atoms with Gasteiger partial charge in [0.05, 0.1) is 6.04 Å². The molecule has 1 aromatic carbocycles. The number of nitrogens with zero attached hydrogens (tertiary/aromatic N) is 1. The van der Waals surface area contributed by atoms with Crippen LogP contribution in [0.2, 0.25) is 0 Å². The number of carbonyl (C=O) groups is 1. The van der Waals surface area contributed by atoms with Gasteiger partial charge in [0.25, 0.3) is 0 Å². The van der Waals surface area contributed by atoms with E-state index in [1.165, 1.54) is 5.56 Å². The fraction of sp³-hybridized carbons (Fsp3) is 0.611. The van der Waals surface area contributed by atoms with Crippen LogP contribution < -0.4 is 11.1 Å². The zero-order valence-corrected chi connectivity index (χ0v) is 14.9. The third-order valence-corrected chi connectivity index (χ3v) is 4.43. The molecule has 3 N–H and O–H groups in total. The molecule has 1 aliphatic heterocycles. The molecule has 0 radical (unpaired) electrons. The minimum atomic E-state index is -0.346. The number of rotatable bonds is 7. The summed E-state index contributed by atoms with van der Waals surface area (Å²) < 4.78 is 0. The second-order valence-electron chi connectivity index (χ2n) is 6.26. The van der Waals surface area contributed by atoms with Crippen LogP contribution in [0.1, 0.15) is 38.2 Å². The Morgan fingerprint density at radius 2 is 1.96 bits per heavy atom. The second kappa shape index (κ2) is 10.6. The molecule has 0 bridgehead atoms. The maximum Gasteiger partial charge on any atom is 0.237 e. The van der Waals surface area contributed by atoms with Crippen molar-refractivity contribution in [1.82, 2.24) is 10.2 Å². The van der Waals surface area contributed by atoms with Gasteiger partial charge in [-0.05, 0) is 31.2 Å². The van der Waals surface area contributed by atoms with Crippen LogP contribution in [-0.4, -0.2) is 42.5 Å². The van der Waals surface area contributed by atoms with Crippen molar-refractivity contribution in [2.75, 3.05) is 19.6 Å². The van der Waals surface area contributed by atoms with Crippen molar-refractivity contribution in [3.63, 3.8) is 0 Å². The van der Waals surface area contributed by atoms with E-state index < -0.39 is 0 Å². The van der Waals surface area contributed by atoms with Crippen molar-refractivity contribution in [2.45, 2.75) is 51.1 Å². The minimum absolute atomic E-state index is 0. The maximum atomic E-state index is 11.9. The monoisotopic (exact) mass is 339 g/mol. The molecule has 1 unspecified atom stereocenters. The van der Waals surface area contributed by atoms with Gasteiger partial charge >= 0.3 is 0 Å². The maximum absolute atomic E-state index is 11.9. The van der Waals surface area contributed by atoms with Crippen molar-refractivity contribution in [3.8, 4) is 0 Å². The van der Waals surface area contributed by atoms with Gasteiger partial charge in [0, 0.05) is 25.7 Å². The summed E-state index contributed by atoms with van der Waals surface area (Å²) >= 11 is 0. The van der Waals surface area contributed by atoms with E-state index in [9.17, 15) is 4.79 Å². The van der Waals surface area contributed by atoms with E-state index in [1.807, 2.05) is 0 Å². The molecule has 1 saturated heterocycles. The first-order valence-corrected chi connectivity index (χ1v) is 8.51. The zero-order valence-electron chi connectivity index (χ0n) is 14.0. The van der Waals surface area contributed by atoms with Crippen molar-refractivity contribution in [1.29, 1.82) is 0 Å². The van der Waals surface area contributed by atoms with Crippen LogP contribution in [0.3, 0.4) is 0 Å². The van der Waals surface area contributed by atoms with Crippen LogP contribution in [0, 0.1) is 0 Å². The Labute approximate surface area is 146 Å². The Kier molecular flexibility index (Phi) is 9.22. The molecule has 1 fully saturated rings. The van der Waals surface area contributed by atoms with Gasteiger partial charge in [-0.1, -0.05) is 43.7 Å². The van der Waals surface area contributed by atoms with Gasteiger partial charge in [0.15, 0.2) is 0 Å². The molecule has 1 atom stereocenters. The number of nitrogens with one attached hydrogen (secondary N) is 1. The summed E-state index contributed by atoms with van der Waals surface area (Å²) in [5, 5.41) is 3.11. The summed E-state index contributed by atoms with van der Waals surface area (Å²) in [5.74, 6) is 0.0181. The summed E-state index contributed by atoms with van der Waals surface area (Å²) in [7, 11) is 0. The van der Waals surface area contributed by atoms with Crippen LogP contribution in [-0.2, 0) is 11.2 Å². The SMILES string of the molecule is CCCC(N)C(=O)NC1CCN(CCc2ccccc2)CC1.Cl.